The molecule has 2 aromatic carbocycles. The number of hydrogen-bond donors (Lipinski definition) is 0. The summed E-state index contributed by atoms with van der Waals surface area (Å²) in [6, 6.07) is 22.2. The van der Waals surface area contributed by atoms with E-state index in [-0.39, 0.29) is 12.0 Å². The fourth-order valence-electron chi connectivity index (χ4n) is 3.06. The normalized spacial score (nSPS) is 13.9. The molecule has 1 aromatic heterocycles. The van der Waals surface area contributed by atoms with E-state index in [9.17, 15) is 4.79 Å². The molecule has 4 nitrogen and oxygen atoms in total. The van der Waals surface area contributed by atoms with Gasteiger partial charge in [-0.2, -0.15) is 0 Å². The van der Waals surface area contributed by atoms with Gasteiger partial charge in [0.1, 0.15) is 11.9 Å². The van der Waals surface area contributed by atoms with E-state index in [4.69, 9.17) is 4.74 Å². The Balaban J connectivity index is 1.29. The van der Waals surface area contributed by atoms with Crippen LogP contribution >= 0.6 is 0 Å². The van der Waals surface area contributed by atoms with Crippen molar-refractivity contribution < 1.29 is 9.53 Å². The maximum atomic E-state index is 12.4. The topological polar surface area (TPSA) is 42.4 Å². The largest absolute Gasteiger partial charge is 0.485 e. The fraction of sp³-hybridized carbons (Fsp3) is 0.182. The molecule has 2 heterocycles. The molecule has 4 rings (SSSR count). The lowest BCUT2D eigenvalue weighted by atomic mass is 10.0. The molecule has 1 saturated heterocycles. The number of amides is 1. The van der Waals surface area contributed by atoms with Crippen LogP contribution in [0.2, 0.25) is 0 Å². The lowest BCUT2D eigenvalue weighted by Crippen LogP contribution is -2.56. The third-order valence-electron chi connectivity index (χ3n) is 4.55. The minimum atomic E-state index is 0.0589. The molecule has 1 aliphatic rings. The summed E-state index contributed by atoms with van der Waals surface area (Å²) in [5, 5.41) is 0. The van der Waals surface area contributed by atoms with E-state index < -0.39 is 0 Å². The summed E-state index contributed by atoms with van der Waals surface area (Å²) in [6.45, 7) is 1.27. The Labute approximate surface area is 153 Å². The third-order valence-corrected chi connectivity index (χ3v) is 4.55. The molecule has 0 spiro atoms. The van der Waals surface area contributed by atoms with Crippen LogP contribution in [-0.4, -0.2) is 35.0 Å². The molecule has 4 heteroatoms. The molecule has 26 heavy (non-hydrogen) atoms. The summed E-state index contributed by atoms with van der Waals surface area (Å²) in [6.07, 6.45) is 3.89. The number of ether oxygens (including phenoxy) is 1. The fourth-order valence-corrected chi connectivity index (χ4v) is 3.06. The molecule has 0 aliphatic carbocycles. The summed E-state index contributed by atoms with van der Waals surface area (Å²) in [5.41, 5.74) is 3.38. The highest BCUT2D eigenvalue weighted by Crippen LogP contribution is 2.21. The molecule has 1 amide bonds. The Bertz CT molecular complexity index is 858. The minimum absolute atomic E-state index is 0.0589. The molecule has 130 valence electrons. The quantitative estimate of drug-likeness (QED) is 0.710. The number of hydrogen-bond acceptors (Lipinski definition) is 3. The Morgan fingerprint density at radius 3 is 2.38 bits per heavy atom. The molecular formula is C22H20N2O2. The molecule has 0 radical (unpaired) electrons. The molecule has 1 aliphatic heterocycles. The maximum absolute atomic E-state index is 12.4. The number of rotatable bonds is 5. The molecule has 0 atom stereocenters. The van der Waals surface area contributed by atoms with E-state index in [1.165, 1.54) is 5.56 Å². The van der Waals surface area contributed by atoms with Crippen LogP contribution in [0.25, 0.3) is 11.1 Å². The van der Waals surface area contributed by atoms with Gasteiger partial charge in [0.15, 0.2) is 0 Å². The number of carbonyl (C=O) groups is 1. The first-order valence-electron chi connectivity index (χ1n) is 8.77. The molecule has 0 bridgehead atoms. The van der Waals surface area contributed by atoms with E-state index in [0.29, 0.717) is 19.5 Å². The number of aromatic nitrogens is 1. The number of likely N-dealkylation sites (tertiary alicyclic amines) is 1. The van der Waals surface area contributed by atoms with Crippen LogP contribution in [0.3, 0.4) is 0 Å². The van der Waals surface area contributed by atoms with E-state index >= 15 is 0 Å². The van der Waals surface area contributed by atoms with E-state index in [0.717, 1.165) is 16.9 Å². The average molecular weight is 344 g/mol. The van der Waals surface area contributed by atoms with E-state index in [2.05, 4.69) is 29.2 Å². The lowest BCUT2D eigenvalue weighted by molar-refractivity contribution is -0.139. The second-order valence-corrected chi connectivity index (χ2v) is 6.47. The molecule has 0 saturated carbocycles. The van der Waals surface area contributed by atoms with E-state index in [1.807, 2.05) is 47.4 Å². The molecule has 3 aromatic rings. The SMILES string of the molecule is O=C(Cc1ccc(-c2ccccc2)cc1)N1CC(Oc2cccnc2)C1. The highest BCUT2D eigenvalue weighted by molar-refractivity contribution is 5.80. The second-order valence-electron chi connectivity index (χ2n) is 6.47. The van der Waals surface area contributed by atoms with Gasteiger partial charge in [0, 0.05) is 6.20 Å². The first kappa shape index (κ1) is 16.3. The van der Waals surface area contributed by atoms with Gasteiger partial charge in [-0.3, -0.25) is 9.78 Å². The van der Waals surface area contributed by atoms with Crippen LogP contribution in [0, 0.1) is 0 Å². The van der Waals surface area contributed by atoms with Crippen molar-refractivity contribution in [1.82, 2.24) is 9.88 Å². The first-order valence-corrected chi connectivity index (χ1v) is 8.77. The van der Waals surface area contributed by atoms with Crippen molar-refractivity contribution in [2.75, 3.05) is 13.1 Å². The predicted octanol–water partition coefficient (Wildman–Crippen LogP) is 3.58. The highest BCUT2D eigenvalue weighted by atomic mass is 16.5. The average Bonchev–Trinajstić information content (AvgIpc) is 2.66. The van der Waals surface area contributed by atoms with Crippen molar-refractivity contribution in [1.29, 1.82) is 0 Å². The lowest BCUT2D eigenvalue weighted by Gasteiger charge is -2.39. The van der Waals surface area contributed by atoms with Crippen molar-refractivity contribution in [2.45, 2.75) is 12.5 Å². The zero-order valence-electron chi connectivity index (χ0n) is 14.4. The summed E-state index contributed by atoms with van der Waals surface area (Å²) in [4.78, 5) is 18.3. The number of carbonyl (C=O) groups excluding carboxylic acids is 1. The summed E-state index contributed by atoms with van der Waals surface area (Å²) in [5.74, 6) is 0.893. The Kier molecular flexibility index (Phi) is 4.65. The first-order chi connectivity index (χ1) is 12.8. The number of nitrogens with zero attached hydrogens (tertiary/aromatic N) is 2. The zero-order valence-corrected chi connectivity index (χ0v) is 14.4. The standard InChI is InChI=1S/C22H20N2O2/c25-22(24-15-21(16-24)26-20-7-4-12-23-14-20)13-17-8-10-19(11-9-17)18-5-2-1-3-6-18/h1-12,14,21H,13,15-16H2. The summed E-state index contributed by atoms with van der Waals surface area (Å²) >= 11 is 0. The van der Waals surface area contributed by atoms with Gasteiger partial charge in [-0.1, -0.05) is 54.6 Å². The van der Waals surface area contributed by atoms with Gasteiger partial charge < -0.3 is 9.64 Å². The maximum Gasteiger partial charge on any atom is 0.227 e. The van der Waals surface area contributed by atoms with Crippen molar-refractivity contribution in [3.63, 3.8) is 0 Å². The van der Waals surface area contributed by atoms with Crippen LogP contribution in [0.5, 0.6) is 5.75 Å². The monoisotopic (exact) mass is 344 g/mol. The van der Waals surface area contributed by atoms with Gasteiger partial charge in [0.25, 0.3) is 0 Å². The third kappa shape index (κ3) is 3.75. The van der Waals surface area contributed by atoms with Crippen molar-refractivity contribution in [3.8, 4) is 16.9 Å². The van der Waals surface area contributed by atoms with Gasteiger partial charge in [0.2, 0.25) is 5.91 Å². The molecule has 0 N–H and O–H groups in total. The van der Waals surface area contributed by atoms with Gasteiger partial charge in [-0.05, 0) is 28.8 Å². The molecular weight excluding hydrogens is 324 g/mol. The van der Waals surface area contributed by atoms with Crippen LogP contribution in [0.4, 0.5) is 0 Å². The van der Waals surface area contributed by atoms with Crippen LogP contribution < -0.4 is 4.74 Å². The Morgan fingerprint density at radius 1 is 0.962 bits per heavy atom. The highest BCUT2D eigenvalue weighted by Gasteiger charge is 2.32. The van der Waals surface area contributed by atoms with Crippen molar-refractivity contribution in [2.24, 2.45) is 0 Å². The Morgan fingerprint density at radius 2 is 1.69 bits per heavy atom. The predicted molar refractivity (Wildman–Crippen MR) is 101 cm³/mol. The van der Waals surface area contributed by atoms with Gasteiger partial charge in [0.05, 0.1) is 25.7 Å². The summed E-state index contributed by atoms with van der Waals surface area (Å²) < 4.78 is 5.79. The molecule has 1 fully saturated rings. The van der Waals surface area contributed by atoms with Gasteiger partial charge in [-0.15, -0.1) is 0 Å². The smallest absolute Gasteiger partial charge is 0.227 e. The van der Waals surface area contributed by atoms with Gasteiger partial charge in [-0.25, -0.2) is 0 Å². The molecule has 0 unspecified atom stereocenters. The second kappa shape index (κ2) is 7.40. The van der Waals surface area contributed by atoms with Crippen LogP contribution in [0.15, 0.2) is 79.1 Å². The minimum Gasteiger partial charge on any atom is -0.485 e. The zero-order chi connectivity index (χ0) is 17.8. The Hall–Kier alpha value is -3.14. The van der Waals surface area contributed by atoms with Crippen LogP contribution in [-0.2, 0) is 11.2 Å². The van der Waals surface area contributed by atoms with Gasteiger partial charge >= 0.3 is 0 Å². The van der Waals surface area contributed by atoms with Crippen molar-refractivity contribution >= 4 is 5.91 Å². The van der Waals surface area contributed by atoms with E-state index in [1.54, 1.807) is 12.4 Å². The number of pyridine rings is 1. The van der Waals surface area contributed by atoms with Crippen molar-refractivity contribution in [3.05, 3.63) is 84.7 Å². The van der Waals surface area contributed by atoms with Crippen LogP contribution in [0.1, 0.15) is 5.56 Å². The summed E-state index contributed by atoms with van der Waals surface area (Å²) in [7, 11) is 0. The number of benzene rings is 2.